The van der Waals surface area contributed by atoms with Crippen molar-refractivity contribution in [2.24, 2.45) is 5.41 Å². The third kappa shape index (κ3) is 5.07. The van der Waals surface area contributed by atoms with E-state index in [9.17, 15) is 4.79 Å². The van der Waals surface area contributed by atoms with Gasteiger partial charge in [0, 0.05) is 5.57 Å². The van der Waals surface area contributed by atoms with Crippen LogP contribution in [0.4, 0.5) is 0 Å². The molecule has 0 heterocycles. The molecule has 2 rings (SSSR count). The molecule has 1 aromatic rings. The van der Waals surface area contributed by atoms with Crippen molar-refractivity contribution in [3.8, 4) is 0 Å². The molecule has 1 aromatic carbocycles. The van der Waals surface area contributed by atoms with Gasteiger partial charge in [-0.1, -0.05) is 49.4 Å². The molecule has 0 aromatic heterocycles. The monoisotopic (exact) mass is 328 g/mol. The van der Waals surface area contributed by atoms with Crippen molar-refractivity contribution < 1.29 is 14.3 Å². The molecule has 1 atom stereocenters. The van der Waals surface area contributed by atoms with Gasteiger partial charge in [-0.25, -0.2) is 4.79 Å². The molecule has 0 saturated heterocycles. The highest BCUT2D eigenvalue weighted by Gasteiger charge is 2.31. The number of esters is 1. The van der Waals surface area contributed by atoms with Gasteiger partial charge in [-0.3, -0.25) is 0 Å². The summed E-state index contributed by atoms with van der Waals surface area (Å²) in [6, 6.07) is 10.2. The molecule has 0 radical (unpaired) electrons. The fourth-order valence-corrected chi connectivity index (χ4v) is 3.00. The Kier molecular flexibility index (Phi) is 6.80. The zero-order chi connectivity index (χ0) is 17.4. The van der Waals surface area contributed by atoms with Gasteiger partial charge in [-0.15, -0.1) is 0 Å². The van der Waals surface area contributed by atoms with Crippen LogP contribution < -0.4 is 0 Å². The van der Waals surface area contributed by atoms with Crippen LogP contribution in [-0.2, 0) is 20.9 Å². The number of carbonyl (C=O) groups is 1. The first kappa shape index (κ1) is 18.5. The highest BCUT2D eigenvalue weighted by Crippen LogP contribution is 2.42. The summed E-state index contributed by atoms with van der Waals surface area (Å²) in [5, 5.41) is 0. The lowest BCUT2D eigenvalue weighted by atomic mass is 9.80. The molecule has 130 valence electrons. The molecule has 0 aliphatic heterocycles. The summed E-state index contributed by atoms with van der Waals surface area (Å²) in [7, 11) is 0. The third-order valence-corrected chi connectivity index (χ3v) is 4.69. The summed E-state index contributed by atoms with van der Waals surface area (Å²) in [6.07, 6.45) is 7.32. The molecule has 1 aliphatic carbocycles. The number of carbonyl (C=O) groups excluding carboxylic acids is 1. The van der Waals surface area contributed by atoms with Gasteiger partial charge < -0.3 is 9.47 Å². The molecule has 24 heavy (non-hydrogen) atoms. The van der Waals surface area contributed by atoms with E-state index in [0.717, 1.165) is 19.3 Å². The van der Waals surface area contributed by atoms with Crippen LogP contribution in [0, 0.1) is 5.41 Å². The molecule has 3 nitrogen and oxygen atoms in total. The van der Waals surface area contributed by atoms with Gasteiger partial charge >= 0.3 is 5.97 Å². The van der Waals surface area contributed by atoms with E-state index in [1.54, 1.807) is 0 Å². The standard InChI is InChI=1S/C21H28O3/c1-4-24-20(22)17(2)12-14-21(3)13-8-11-19(21)16-23-15-18-9-6-5-7-10-18/h5-7,9-12H,4,8,13-16H2,1-3H3/b17-12-/t21-/m0/s1. The Morgan fingerprint density at radius 2 is 2.00 bits per heavy atom. The van der Waals surface area contributed by atoms with Gasteiger partial charge in [0.2, 0.25) is 0 Å². The van der Waals surface area contributed by atoms with Gasteiger partial charge in [-0.05, 0) is 49.7 Å². The van der Waals surface area contributed by atoms with Crippen molar-refractivity contribution in [2.75, 3.05) is 13.2 Å². The quantitative estimate of drug-likeness (QED) is 0.389. The zero-order valence-corrected chi connectivity index (χ0v) is 15.0. The van der Waals surface area contributed by atoms with Crippen LogP contribution in [0.15, 0.2) is 53.6 Å². The number of allylic oxidation sites excluding steroid dienone is 2. The Morgan fingerprint density at radius 1 is 1.25 bits per heavy atom. The smallest absolute Gasteiger partial charge is 0.333 e. The van der Waals surface area contributed by atoms with Crippen molar-refractivity contribution in [3.05, 3.63) is 59.2 Å². The summed E-state index contributed by atoms with van der Waals surface area (Å²) >= 11 is 0. The van der Waals surface area contributed by atoms with E-state index in [-0.39, 0.29) is 11.4 Å². The predicted molar refractivity (Wildman–Crippen MR) is 96.5 cm³/mol. The largest absolute Gasteiger partial charge is 0.463 e. The first-order valence-electron chi connectivity index (χ1n) is 8.70. The van der Waals surface area contributed by atoms with Crippen LogP contribution in [0.3, 0.4) is 0 Å². The van der Waals surface area contributed by atoms with Gasteiger partial charge in [0.1, 0.15) is 0 Å². The van der Waals surface area contributed by atoms with Crippen LogP contribution in [0.5, 0.6) is 0 Å². The number of hydrogen-bond donors (Lipinski definition) is 0. The van der Waals surface area contributed by atoms with Gasteiger partial charge in [-0.2, -0.15) is 0 Å². The van der Waals surface area contributed by atoms with Gasteiger partial charge in [0.05, 0.1) is 19.8 Å². The first-order valence-corrected chi connectivity index (χ1v) is 8.70. The third-order valence-electron chi connectivity index (χ3n) is 4.69. The van der Waals surface area contributed by atoms with Gasteiger partial charge in [0.25, 0.3) is 0 Å². The second-order valence-electron chi connectivity index (χ2n) is 6.62. The normalized spacial score (nSPS) is 20.8. The average molecular weight is 328 g/mol. The molecule has 0 unspecified atom stereocenters. The first-order chi connectivity index (χ1) is 11.5. The van der Waals surface area contributed by atoms with Crippen molar-refractivity contribution in [2.45, 2.75) is 46.6 Å². The highest BCUT2D eigenvalue weighted by atomic mass is 16.5. The molecule has 0 bridgehead atoms. The molecular formula is C21H28O3. The summed E-state index contributed by atoms with van der Waals surface area (Å²) in [4.78, 5) is 11.7. The number of rotatable bonds is 8. The maximum absolute atomic E-state index is 11.7. The second kappa shape index (κ2) is 8.84. The summed E-state index contributed by atoms with van der Waals surface area (Å²) in [5.74, 6) is -0.218. The zero-order valence-electron chi connectivity index (χ0n) is 15.0. The van der Waals surface area contributed by atoms with Crippen molar-refractivity contribution >= 4 is 5.97 Å². The van der Waals surface area contributed by atoms with Crippen LogP contribution in [0.25, 0.3) is 0 Å². The molecular weight excluding hydrogens is 300 g/mol. The van der Waals surface area contributed by atoms with Crippen LogP contribution in [0.2, 0.25) is 0 Å². The summed E-state index contributed by atoms with van der Waals surface area (Å²) in [5.41, 5.74) is 3.29. The fraction of sp³-hybridized carbons (Fsp3) is 0.476. The van der Waals surface area contributed by atoms with Crippen molar-refractivity contribution in [1.82, 2.24) is 0 Å². The Hall–Kier alpha value is -1.87. The lowest BCUT2D eigenvalue weighted by molar-refractivity contribution is -0.138. The van der Waals surface area contributed by atoms with E-state index in [2.05, 4.69) is 25.1 Å². The van der Waals surface area contributed by atoms with E-state index in [0.29, 0.717) is 25.4 Å². The van der Waals surface area contributed by atoms with Crippen molar-refractivity contribution in [1.29, 1.82) is 0 Å². The molecule has 0 fully saturated rings. The van der Waals surface area contributed by atoms with E-state index < -0.39 is 0 Å². The minimum atomic E-state index is -0.218. The number of hydrogen-bond acceptors (Lipinski definition) is 3. The fourth-order valence-electron chi connectivity index (χ4n) is 3.00. The van der Waals surface area contributed by atoms with E-state index in [1.165, 1.54) is 11.1 Å². The molecule has 0 N–H and O–H groups in total. The topological polar surface area (TPSA) is 35.5 Å². The van der Waals surface area contributed by atoms with E-state index >= 15 is 0 Å². The number of ether oxygens (including phenoxy) is 2. The summed E-state index contributed by atoms with van der Waals surface area (Å²) < 4.78 is 11.0. The molecule has 0 amide bonds. The van der Waals surface area contributed by atoms with E-state index in [1.807, 2.05) is 38.1 Å². The molecule has 1 aliphatic rings. The van der Waals surface area contributed by atoms with Gasteiger partial charge in [0.15, 0.2) is 0 Å². The minimum absolute atomic E-state index is 0.0739. The Balaban J connectivity index is 1.88. The Labute approximate surface area is 145 Å². The van der Waals surface area contributed by atoms with Crippen LogP contribution >= 0.6 is 0 Å². The SMILES string of the molecule is CCOC(=O)/C(C)=C\C[C@]1(C)CCC=C1COCc1ccccc1. The maximum atomic E-state index is 11.7. The minimum Gasteiger partial charge on any atom is -0.463 e. The van der Waals surface area contributed by atoms with E-state index in [4.69, 9.17) is 9.47 Å². The Morgan fingerprint density at radius 3 is 2.71 bits per heavy atom. The molecule has 3 heteroatoms. The number of benzene rings is 1. The average Bonchev–Trinajstić information content (AvgIpc) is 2.95. The maximum Gasteiger partial charge on any atom is 0.333 e. The second-order valence-corrected chi connectivity index (χ2v) is 6.62. The molecule has 0 spiro atoms. The summed E-state index contributed by atoms with van der Waals surface area (Å²) in [6.45, 7) is 7.61. The van der Waals surface area contributed by atoms with Crippen molar-refractivity contribution in [3.63, 3.8) is 0 Å². The predicted octanol–water partition coefficient (Wildman–Crippen LogP) is 4.83. The Bertz CT molecular complexity index is 601. The van der Waals surface area contributed by atoms with Crippen LogP contribution in [0.1, 0.15) is 45.6 Å². The highest BCUT2D eigenvalue weighted by molar-refractivity contribution is 5.87. The lowest BCUT2D eigenvalue weighted by Crippen LogP contribution is -2.19. The lowest BCUT2D eigenvalue weighted by Gasteiger charge is -2.27. The van der Waals surface area contributed by atoms with Crippen LogP contribution in [-0.4, -0.2) is 19.2 Å². The molecule has 0 saturated carbocycles.